The summed E-state index contributed by atoms with van der Waals surface area (Å²) in [6.45, 7) is 2.25. The maximum Gasteiger partial charge on any atom is 0.124 e. The molecule has 2 heteroatoms. The van der Waals surface area contributed by atoms with E-state index < -0.39 is 0 Å². The van der Waals surface area contributed by atoms with Crippen LogP contribution >= 0.6 is 0 Å². The second-order valence-electron chi connectivity index (χ2n) is 7.34. The second-order valence-corrected chi connectivity index (χ2v) is 7.34. The van der Waals surface area contributed by atoms with Crippen LogP contribution in [0.4, 0.5) is 0 Å². The van der Waals surface area contributed by atoms with Gasteiger partial charge in [-0.3, -0.25) is 0 Å². The molecule has 0 spiro atoms. The summed E-state index contributed by atoms with van der Waals surface area (Å²) in [6.07, 6.45) is 22.7. The lowest BCUT2D eigenvalue weighted by Gasteiger charge is -2.10. The monoisotopic (exact) mass is 390 g/mol. The van der Waals surface area contributed by atoms with Gasteiger partial charge in [0.05, 0.1) is 0 Å². The molecule has 0 aliphatic heterocycles. The fraction of sp³-hybridized carbons (Fsp3) is 0.333. The van der Waals surface area contributed by atoms with Crippen molar-refractivity contribution in [2.45, 2.75) is 58.3 Å². The van der Waals surface area contributed by atoms with Crippen LogP contribution in [-0.4, -0.2) is 10.2 Å². The normalized spacial score (nSPS) is 11.9. The summed E-state index contributed by atoms with van der Waals surface area (Å²) in [7, 11) is 0. The van der Waals surface area contributed by atoms with E-state index in [9.17, 15) is 10.2 Å². The van der Waals surface area contributed by atoms with Crippen molar-refractivity contribution < 1.29 is 10.2 Å². The van der Waals surface area contributed by atoms with Crippen LogP contribution in [0, 0.1) is 0 Å². The van der Waals surface area contributed by atoms with Crippen molar-refractivity contribution in [3.8, 4) is 22.6 Å². The molecule has 2 aromatic carbocycles. The van der Waals surface area contributed by atoms with Crippen LogP contribution in [0.1, 0.15) is 63.9 Å². The molecule has 0 aliphatic rings. The fourth-order valence-electron chi connectivity index (χ4n) is 3.36. The summed E-state index contributed by atoms with van der Waals surface area (Å²) in [6, 6.07) is 12.4. The number of phenolic OH excluding ortho intramolecular Hbond substituents is 2. The summed E-state index contributed by atoms with van der Waals surface area (Å²) in [5, 5.41) is 20.4. The summed E-state index contributed by atoms with van der Waals surface area (Å²) < 4.78 is 0. The Labute approximate surface area is 175 Å². The molecule has 2 aromatic rings. The Balaban J connectivity index is 1.84. The van der Waals surface area contributed by atoms with Gasteiger partial charge in [0, 0.05) is 11.1 Å². The number of rotatable bonds is 12. The Kier molecular flexibility index (Phi) is 10.4. The molecule has 29 heavy (non-hydrogen) atoms. The van der Waals surface area contributed by atoms with Gasteiger partial charge in [-0.25, -0.2) is 0 Å². The number of phenols is 2. The van der Waals surface area contributed by atoms with Crippen molar-refractivity contribution in [3.63, 3.8) is 0 Å². The zero-order chi connectivity index (χ0) is 20.7. The first kappa shape index (κ1) is 22.5. The van der Waals surface area contributed by atoms with Gasteiger partial charge in [-0.05, 0) is 30.5 Å². The van der Waals surface area contributed by atoms with Gasteiger partial charge in [0.1, 0.15) is 11.5 Å². The fourth-order valence-corrected chi connectivity index (χ4v) is 3.36. The number of para-hydroxylation sites is 1. The first-order chi connectivity index (χ1) is 14.2. The molecule has 0 amide bonds. The van der Waals surface area contributed by atoms with E-state index in [2.05, 4.69) is 19.1 Å². The van der Waals surface area contributed by atoms with Gasteiger partial charge in [-0.1, -0.05) is 112 Å². The molecule has 0 saturated heterocycles. The molecular formula is C27H34O2. The Morgan fingerprint density at radius 2 is 1.38 bits per heavy atom. The van der Waals surface area contributed by atoms with E-state index in [4.69, 9.17) is 0 Å². The Morgan fingerprint density at radius 3 is 2.17 bits per heavy atom. The van der Waals surface area contributed by atoms with Gasteiger partial charge in [0.15, 0.2) is 0 Å². The molecule has 2 N–H and O–H groups in total. The molecule has 0 saturated carbocycles. The average Bonchev–Trinajstić information content (AvgIpc) is 2.72. The van der Waals surface area contributed by atoms with E-state index in [1.807, 2.05) is 48.6 Å². The Bertz CT molecular complexity index is 815. The van der Waals surface area contributed by atoms with E-state index in [0.29, 0.717) is 11.1 Å². The molecule has 0 bridgehead atoms. The minimum atomic E-state index is 0.159. The number of hydrogen-bond acceptors (Lipinski definition) is 2. The van der Waals surface area contributed by atoms with E-state index in [-0.39, 0.29) is 11.5 Å². The Morgan fingerprint density at radius 1 is 0.690 bits per heavy atom. The van der Waals surface area contributed by atoms with Crippen LogP contribution in [0.5, 0.6) is 11.5 Å². The summed E-state index contributed by atoms with van der Waals surface area (Å²) in [5.74, 6) is 0.319. The van der Waals surface area contributed by atoms with Crippen molar-refractivity contribution in [3.05, 3.63) is 78.4 Å². The highest BCUT2D eigenvalue weighted by Gasteiger charge is 2.11. The standard InChI is InChI=1S/C27H34O2/c1-2-3-4-5-6-7-8-9-10-11-12-13-14-18-23-19-17-22-26(29)27(23)24-20-15-16-21-25(24)28/h10-22,28-29H,2-9H2,1H3. The predicted molar refractivity (Wildman–Crippen MR) is 125 cm³/mol. The lowest BCUT2D eigenvalue weighted by atomic mass is 9.97. The number of aromatic hydroxyl groups is 2. The molecule has 0 unspecified atom stereocenters. The highest BCUT2D eigenvalue weighted by Crippen LogP contribution is 2.38. The third-order valence-corrected chi connectivity index (χ3v) is 4.97. The molecule has 0 heterocycles. The van der Waals surface area contributed by atoms with Crippen LogP contribution in [0.15, 0.2) is 72.8 Å². The van der Waals surface area contributed by atoms with E-state index in [0.717, 1.165) is 12.0 Å². The van der Waals surface area contributed by atoms with Crippen molar-refractivity contribution in [2.24, 2.45) is 0 Å². The molecule has 0 fully saturated rings. The molecule has 0 radical (unpaired) electrons. The van der Waals surface area contributed by atoms with Crippen LogP contribution in [0.3, 0.4) is 0 Å². The highest BCUT2D eigenvalue weighted by molar-refractivity contribution is 5.83. The third-order valence-electron chi connectivity index (χ3n) is 4.97. The summed E-state index contributed by atoms with van der Waals surface area (Å²) in [4.78, 5) is 0. The van der Waals surface area contributed by atoms with Gasteiger partial charge in [-0.2, -0.15) is 0 Å². The smallest absolute Gasteiger partial charge is 0.124 e. The largest absolute Gasteiger partial charge is 0.507 e. The van der Waals surface area contributed by atoms with Crippen LogP contribution in [0.2, 0.25) is 0 Å². The topological polar surface area (TPSA) is 40.5 Å². The highest BCUT2D eigenvalue weighted by atomic mass is 16.3. The van der Waals surface area contributed by atoms with Gasteiger partial charge in [-0.15, -0.1) is 0 Å². The first-order valence-electron chi connectivity index (χ1n) is 10.8. The molecule has 2 rings (SSSR count). The average molecular weight is 391 g/mol. The van der Waals surface area contributed by atoms with Gasteiger partial charge in [0.2, 0.25) is 0 Å². The molecule has 0 aromatic heterocycles. The van der Waals surface area contributed by atoms with Crippen LogP contribution in [0.25, 0.3) is 17.2 Å². The van der Waals surface area contributed by atoms with E-state index in [1.165, 1.54) is 44.9 Å². The molecule has 2 nitrogen and oxygen atoms in total. The number of allylic oxidation sites excluding steroid dienone is 5. The van der Waals surface area contributed by atoms with Crippen LogP contribution < -0.4 is 0 Å². The minimum absolute atomic E-state index is 0.159. The zero-order valence-electron chi connectivity index (χ0n) is 17.6. The third kappa shape index (κ3) is 8.03. The summed E-state index contributed by atoms with van der Waals surface area (Å²) in [5.41, 5.74) is 2.14. The van der Waals surface area contributed by atoms with Gasteiger partial charge < -0.3 is 10.2 Å². The maximum absolute atomic E-state index is 10.3. The minimum Gasteiger partial charge on any atom is -0.507 e. The van der Waals surface area contributed by atoms with Gasteiger partial charge in [0.25, 0.3) is 0 Å². The van der Waals surface area contributed by atoms with Crippen molar-refractivity contribution >= 4 is 6.08 Å². The van der Waals surface area contributed by atoms with Crippen molar-refractivity contribution in [1.29, 1.82) is 0 Å². The maximum atomic E-state index is 10.3. The predicted octanol–water partition coefficient (Wildman–Crippen LogP) is 8.03. The molecular weight excluding hydrogens is 356 g/mol. The summed E-state index contributed by atoms with van der Waals surface area (Å²) >= 11 is 0. The molecule has 154 valence electrons. The number of hydrogen-bond donors (Lipinski definition) is 2. The molecule has 0 aliphatic carbocycles. The van der Waals surface area contributed by atoms with E-state index in [1.54, 1.807) is 18.2 Å². The number of benzene rings is 2. The zero-order valence-corrected chi connectivity index (χ0v) is 17.6. The molecule has 0 atom stereocenters. The van der Waals surface area contributed by atoms with Crippen molar-refractivity contribution in [1.82, 2.24) is 0 Å². The SMILES string of the molecule is CCCCCCCCCC=CC=CC=Cc1cccc(O)c1-c1ccccc1O. The van der Waals surface area contributed by atoms with Gasteiger partial charge >= 0.3 is 0 Å². The van der Waals surface area contributed by atoms with Crippen molar-refractivity contribution in [2.75, 3.05) is 0 Å². The Hall–Kier alpha value is -2.74. The quantitative estimate of drug-likeness (QED) is 0.284. The van der Waals surface area contributed by atoms with E-state index >= 15 is 0 Å². The first-order valence-corrected chi connectivity index (χ1v) is 10.8. The van der Waals surface area contributed by atoms with Crippen LogP contribution in [-0.2, 0) is 0 Å². The second kappa shape index (κ2) is 13.4. The number of unbranched alkanes of at least 4 members (excludes halogenated alkanes) is 7. The lowest BCUT2D eigenvalue weighted by Crippen LogP contribution is -1.85. The lowest BCUT2D eigenvalue weighted by molar-refractivity contribution is 0.469.